The number of carbonyl (C=O) groups excluding carboxylic acids is 5. The van der Waals surface area contributed by atoms with Gasteiger partial charge in [0.15, 0.2) is 0 Å². The van der Waals surface area contributed by atoms with Gasteiger partial charge in [-0.1, -0.05) is 6.58 Å². The van der Waals surface area contributed by atoms with Crippen LogP contribution in [0.5, 0.6) is 0 Å². The van der Waals surface area contributed by atoms with Gasteiger partial charge in [0.1, 0.15) is 18.6 Å². The number of ether oxygens (including phenoxy) is 1. The standard InChI is InChI=1S/C17H28N4O6S/c1-10(2)15(24)21-12(6-7-28-5)17(26)20-11(3)16(25)19-8-13(22)18-9-14(23)27-4/h11-12H,1,6-9H2,2-5H3,(H,18,22)(H,19,25)(H,20,26)(H,21,24)/t11-,12-/m0/s1. The van der Waals surface area contributed by atoms with E-state index in [4.69, 9.17) is 0 Å². The largest absolute Gasteiger partial charge is 0.468 e. The molecule has 0 aliphatic carbocycles. The van der Waals surface area contributed by atoms with E-state index >= 15 is 0 Å². The fraction of sp³-hybridized carbons (Fsp3) is 0.588. The second kappa shape index (κ2) is 13.6. The minimum Gasteiger partial charge on any atom is -0.468 e. The number of amides is 4. The molecule has 0 aliphatic heterocycles. The number of esters is 1. The summed E-state index contributed by atoms with van der Waals surface area (Å²) >= 11 is 1.52. The predicted octanol–water partition coefficient (Wildman–Crippen LogP) is -1.29. The maximum absolute atomic E-state index is 12.4. The molecule has 0 saturated heterocycles. The molecule has 0 aliphatic rings. The van der Waals surface area contributed by atoms with Crippen molar-refractivity contribution in [3.05, 3.63) is 12.2 Å². The Labute approximate surface area is 168 Å². The lowest BCUT2D eigenvalue weighted by molar-refractivity contribution is -0.141. The number of thioether (sulfide) groups is 1. The van der Waals surface area contributed by atoms with E-state index in [1.54, 1.807) is 0 Å². The van der Waals surface area contributed by atoms with Gasteiger partial charge in [0, 0.05) is 5.57 Å². The number of nitrogens with one attached hydrogen (secondary N) is 4. The summed E-state index contributed by atoms with van der Waals surface area (Å²) in [7, 11) is 1.19. The van der Waals surface area contributed by atoms with Crippen LogP contribution < -0.4 is 21.3 Å². The topological polar surface area (TPSA) is 143 Å². The Kier molecular flexibility index (Phi) is 12.3. The van der Waals surface area contributed by atoms with E-state index in [9.17, 15) is 24.0 Å². The number of methoxy groups -OCH3 is 1. The molecule has 0 spiro atoms. The molecule has 0 aromatic carbocycles. The molecule has 158 valence electrons. The van der Waals surface area contributed by atoms with Crippen LogP contribution in [0, 0.1) is 0 Å². The average molecular weight is 417 g/mol. The molecule has 0 rings (SSSR count). The first-order valence-corrected chi connectivity index (χ1v) is 9.88. The molecule has 28 heavy (non-hydrogen) atoms. The van der Waals surface area contributed by atoms with E-state index < -0.39 is 41.7 Å². The fourth-order valence-electron chi connectivity index (χ4n) is 1.79. The first-order chi connectivity index (χ1) is 13.1. The Morgan fingerprint density at radius 2 is 1.68 bits per heavy atom. The van der Waals surface area contributed by atoms with Gasteiger partial charge in [-0.05, 0) is 32.3 Å². The lowest BCUT2D eigenvalue weighted by Crippen LogP contribution is -2.53. The highest BCUT2D eigenvalue weighted by Crippen LogP contribution is 2.03. The van der Waals surface area contributed by atoms with Gasteiger partial charge in [0.05, 0.1) is 13.7 Å². The lowest BCUT2D eigenvalue weighted by Gasteiger charge is -2.21. The highest BCUT2D eigenvalue weighted by atomic mass is 32.2. The quantitative estimate of drug-likeness (QED) is 0.229. The zero-order chi connectivity index (χ0) is 21.7. The zero-order valence-corrected chi connectivity index (χ0v) is 17.4. The molecule has 0 unspecified atom stereocenters. The highest BCUT2D eigenvalue weighted by Gasteiger charge is 2.24. The maximum Gasteiger partial charge on any atom is 0.325 e. The second-order valence-electron chi connectivity index (χ2n) is 5.89. The molecule has 4 amide bonds. The van der Waals surface area contributed by atoms with Crippen LogP contribution in [-0.2, 0) is 28.7 Å². The average Bonchev–Trinajstić information content (AvgIpc) is 2.66. The molecular weight excluding hydrogens is 388 g/mol. The zero-order valence-electron chi connectivity index (χ0n) is 16.5. The maximum atomic E-state index is 12.4. The Morgan fingerprint density at radius 1 is 1.04 bits per heavy atom. The van der Waals surface area contributed by atoms with Crippen molar-refractivity contribution in [2.24, 2.45) is 0 Å². The third kappa shape index (κ3) is 10.6. The fourth-order valence-corrected chi connectivity index (χ4v) is 2.26. The summed E-state index contributed by atoms with van der Waals surface area (Å²) in [6, 6.07) is -1.74. The lowest BCUT2D eigenvalue weighted by atomic mass is 10.1. The molecule has 0 radical (unpaired) electrons. The molecule has 10 nitrogen and oxygen atoms in total. The van der Waals surface area contributed by atoms with Crippen LogP contribution >= 0.6 is 11.8 Å². The summed E-state index contributed by atoms with van der Waals surface area (Å²) in [4.78, 5) is 58.7. The van der Waals surface area contributed by atoms with Gasteiger partial charge in [0.25, 0.3) is 0 Å². The Bertz CT molecular complexity index is 610. The normalized spacial score (nSPS) is 12.1. The van der Waals surface area contributed by atoms with E-state index in [0.717, 1.165) is 0 Å². The second-order valence-corrected chi connectivity index (χ2v) is 6.87. The number of carbonyl (C=O) groups is 5. The smallest absolute Gasteiger partial charge is 0.325 e. The van der Waals surface area contributed by atoms with Crippen molar-refractivity contribution in [2.75, 3.05) is 32.2 Å². The molecule has 0 fully saturated rings. The summed E-state index contributed by atoms with van der Waals surface area (Å²) in [5.41, 5.74) is 0.269. The minimum absolute atomic E-state index is 0.269. The number of hydrogen-bond acceptors (Lipinski definition) is 7. The van der Waals surface area contributed by atoms with Gasteiger partial charge in [-0.25, -0.2) is 0 Å². The Morgan fingerprint density at radius 3 is 2.21 bits per heavy atom. The van der Waals surface area contributed by atoms with Gasteiger partial charge in [-0.2, -0.15) is 11.8 Å². The summed E-state index contributed by atoms with van der Waals surface area (Å²) in [6.07, 6.45) is 2.26. The van der Waals surface area contributed by atoms with Crippen molar-refractivity contribution >= 4 is 41.4 Å². The summed E-state index contributed by atoms with van der Waals surface area (Å²) in [5, 5.41) is 9.70. The van der Waals surface area contributed by atoms with Gasteiger partial charge < -0.3 is 26.0 Å². The molecule has 11 heteroatoms. The van der Waals surface area contributed by atoms with Crippen molar-refractivity contribution in [3.8, 4) is 0 Å². The molecule has 0 bridgehead atoms. The van der Waals surface area contributed by atoms with Crippen molar-refractivity contribution in [2.45, 2.75) is 32.4 Å². The summed E-state index contributed by atoms with van der Waals surface area (Å²) < 4.78 is 4.38. The van der Waals surface area contributed by atoms with E-state index in [0.29, 0.717) is 12.2 Å². The molecule has 0 saturated carbocycles. The number of hydrogen-bond donors (Lipinski definition) is 4. The van der Waals surface area contributed by atoms with E-state index in [1.165, 1.54) is 32.7 Å². The molecular formula is C17H28N4O6S. The SMILES string of the molecule is C=C(C)C(=O)N[C@@H](CCSC)C(=O)N[C@@H](C)C(=O)NCC(=O)NCC(=O)OC. The van der Waals surface area contributed by atoms with E-state index in [1.807, 2.05) is 6.26 Å². The van der Waals surface area contributed by atoms with Gasteiger partial charge >= 0.3 is 5.97 Å². The van der Waals surface area contributed by atoms with Crippen LogP contribution in [0.3, 0.4) is 0 Å². The van der Waals surface area contributed by atoms with E-state index in [-0.39, 0.29) is 18.7 Å². The van der Waals surface area contributed by atoms with Crippen LogP contribution in [0.2, 0.25) is 0 Å². The molecule has 0 aromatic rings. The molecule has 2 atom stereocenters. The van der Waals surface area contributed by atoms with Crippen LogP contribution in [-0.4, -0.2) is 73.9 Å². The highest BCUT2D eigenvalue weighted by molar-refractivity contribution is 7.98. The van der Waals surface area contributed by atoms with Gasteiger partial charge in [0.2, 0.25) is 23.6 Å². The van der Waals surface area contributed by atoms with Crippen molar-refractivity contribution in [1.82, 2.24) is 21.3 Å². The molecule has 0 heterocycles. The number of rotatable bonds is 12. The Balaban J connectivity index is 4.57. The van der Waals surface area contributed by atoms with Crippen LogP contribution in [0.25, 0.3) is 0 Å². The first-order valence-electron chi connectivity index (χ1n) is 8.49. The van der Waals surface area contributed by atoms with Crippen molar-refractivity contribution in [1.29, 1.82) is 0 Å². The Hall–Kier alpha value is -2.56. The minimum atomic E-state index is -0.931. The van der Waals surface area contributed by atoms with Crippen LogP contribution in [0.4, 0.5) is 0 Å². The third-order valence-electron chi connectivity index (χ3n) is 3.45. The van der Waals surface area contributed by atoms with Crippen LogP contribution in [0.15, 0.2) is 12.2 Å². The van der Waals surface area contributed by atoms with Crippen molar-refractivity contribution in [3.63, 3.8) is 0 Å². The monoisotopic (exact) mass is 416 g/mol. The predicted molar refractivity (Wildman–Crippen MR) is 105 cm³/mol. The summed E-state index contributed by atoms with van der Waals surface area (Å²) in [5.74, 6) is -2.11. The molecule has 4 N–H and O–H groups in total. The van der Waals surface area contributed by atoms with Gasteiger partial charge in [-0.15, -0.1) is 0 Å². The van der Waals surface area contributed by atoms with Crippen molar-refractivity contribution < 1.29 is 28.7 Å². The third-order valence-corrected chi connectivity index (χ3v) is 4.10. The first kappa shape index (κ1) is 25.4. The summed E-state index contributed by atoms with van der Waals surface area (Å²) in [6.45, 7) is 5.84. The van der Waals surface area contributed by atoms with E-state index in [2.05, 4.69) is 32.6 Å². The van der Waals surface area contributed by atoms with Crippen LogP contribution in [0.1, 0.15) is 20.3 Å². The van der Waals surface area contributed by atoms with Gasteiger partial charge in [-0.3, -0.25) is 24.0 Å². The molecule has 0 aromatic heterocycles.